The van der Waals surface area contributed by atoms with E-state index >= 15 is 0 Å². The lowest BCUT2D eigenvalue weighted by molar-refractivity contribution is -0.136. The lowest BCUT2D eigenvalue weighted by atomic mass is 9.77. The number of benzene rings is 3. The summed E-state index contributed by atoms with van der Waals surface area (Å²) in [6.07, 6.45) is 4.88. The molecule has 9 nitrogen and oxygen atoms in total. The minimum absolute atomic E-state index is 0.0122. The molecule has 1 saturated heterocycles. The number of anilines is 1. The minimum atomic E-state index is -1.09. The molecule has 4 aliphatic rings. The standard InChI is InChI=1S/C34H31FN6O3/c1-20-9-13-22(14-10-20)17-24-5-3-8-27-29(24)37-41(31(27)23-15-11-21(2)12-16-23)28(42)19-39-32-30(36-38-39)33(43)40(34(32)44)26-7-4-6-25(35)18-26/h4,6-7,9-18,27,30-32H,3,5,8,19H2,1-2H3/b24-17-/t27-,30+,31-,32-/m1/s1. The van der Waals surface area contributed by atoms with Gasteiger partial charge in [-0.3, -0.25) is 19.4 Å². The second-order valence-electron chi connectivity index (χ2n) is 11.8. The second-order valence-corrected chi connectivity index (χ2v) is 11.8. The fourth-order valence-electron chi connectivity index (χ4n) is 6.60. The van der Waals surface area contributed by atoms with Gasteiger partial charge < -0.3 is 0 Å². The summed E-state index contributed by atoms with van der Waals surface area (Å²) in [6.45, 7) is 3.79. The van der Waals surface area contributed by atoms with Gasteiger partial charge >= 0.3 is 0 Å². The van der Waals surface area contributed by atoms with Gasteiger partial charge in [0.2, 0.25) is 0 Å². The molecule has 1 saturated carbocycles. The van der Waals surface area contributed by atoms with E-state index in [0.717, 1.165) is 58.2 Å². The molecule has 3 aliphatic heterocycles. The molecule has 3 amide bonds. The molecular formula is C34H31FN6O3. The third-order valence-corrected chi connectivity index (χ3v) is 8.82. The first-order chi connectivity index (χ1) is 21.3. The average molecular weight is 591 g/mol. The van der Waals surface area contributed by atoms with Crippen molar-refractivity contribution >= 4 is 35.2 Å². The minimum Gasteiger partial charge on any atom is -0.271 e. The maximum atomic E-state index is 14.1. The summed E-state index contributed by atoms with van der Waals surface area (Å²) in [5.41, 5.74) is 6.51. The van der Waals surface area contributed by atoms with Crippen molar-refractivity contribution in [3.8, 4) is 0 Å². The number of carbonyl (C=O) groups excluding carboxylic acids is 3. The van der Waals surface area contributed by atoms with Crippen LogP contribution < -0.4 is 4.90 Å². The Morgan fingerprint density at radius 3 is 2.41 bits per heavy atom. The van der Waals surface area contributed by atoms with Crippen molar-refractivity contribution in [2.45, 2.75) is 51.2 Å². The van der Waals surface area contributed by atoms with Crippen molar-refractivity contribution in [2.75, 3.05) is 11.4 Å². The molecule has 3 aromatic rings. The van der Waals surface area contributed by atoms with Gasteiger partial charge in [-0.1, -0.05) is 70.9 Å². The molecule has 222 valence electrons. The van der Waals surface area contributed by atoms with E-state index in [9.17, 15) is 18.8 Å². The van der Waals surface area contributed by atoms with Gasteiger partial charge in [-0.15, -0.1) is 0 Å². The Kier molecular flexibility index (Phi) is 6.91. The van der Waals surface area contributed by atoms with Crippen molar-refractivity contribution < 1.29 is 18.8 Å². The summed E-state index contributed by atoms with van der Waals surface area (Å²) in [4.78, 5) is 41.6. The highest BCUT2D eigenvalue weighted by Crippen LogP contribution is 2.45. The zero-order valence-corrected chi connectivity index (χ0v) is 24.4. The highest BCUT2D eigenvalue weighted by molar-refractivity contribution is 6.25. The number of imide groups is 1. The van der Waals surface area contributed by atoms with Crippen LogP contribution in [0, 0.1) is 25.6 Å². The van der Waals surface area contributed by atoms with Gasteiger partial charge in [0.25, 0.3) is 17.7 Å². The number of rotatable bonds is 5. The van der Waals surface area contributed by atoms with Crippen molar-refractivity contribution in [1.82, 2.24) is 10.0 Å². The predicted molar refractivity (Wildman–Crippen MR) is 163 cm³/mol. The fourth-order valence-corrected chi connectivity index (χ4v) is 6.60. The molecule has 3 heterocycles. The Morgan fingerprint density at radius 1 is 0.955 bits per heavy atom. The summed E-state index contributed by atoms with van der Waals surface area (Å²) < 4.78 is 13.9. The Hall–Kier alpha value is -4.99. The Balaban J connectivity index is 1.19. The molecule has 0 N–H and O–H groups in total. The molecular weight excluding hydrogens is 559 g/mol. The van der Waals surface area contributed by atoms with Gasteiger partial charge in [0.05, 0.1) is 17.4 Å². The van der Waals surface area contributed by atoms with Crippen molar-refractivity contribution in [3.63, 3.8) is 0 Å². The van der Waals surface area contributed by atoms with Crippen LogP contribution in [0.4, 0.5) is 10.1 Å². The van der Waals surface area contributed by atoms with E-state index in [4.69, 9.17) is 5.10 Å². The zero-order valence-electron chi connectivity index (χ0n) is 24.4. The van der Waals surface area contributed by atoms with E-state index in [-0.39, 0.29) is 30.1 Å². The Bertz CT molecular complexity index is 1750. The molecule has 1 aliphatic carbocycles. The van der Waals surface area contributed by atoms with E-state index in [1.165, 1.54) is 33.8 Å². The van der Waals surface area contributed by atoms with Crippen molar-refractivity contribution in [1.29, 1.82) is 0 Å². The molecule has 10 heteroatoms. The first-order valence-electron chi connectivity index (χ1n) is 14.8. The molecule has 0 unspecified atom stereocenters. The lowest BCUT2D eigenvalue weighted by Crippen LogP contribution is -2.45. The third-order valence-electron chi connectivity index (χ3n) is 8.82. The largest absolute Gasteiger partial charge is 0.271 e. The van der Waals surface area contributed by atoms with E-state index < -0.39 is 29.7 Å². The summed E-state index contributed by atoms with van der Waals surface area (Å²) in [6, 6.07) is 19.3. The van der Waals surface area contributed by atoms with Crippen LogP contribution >= 0.6 is 0 Å². The topological polar surface area (TPSA) is 98.0 Å². The molecule has 44 heavy (non-hydrogen) atoms. The van der Waals surface area contributed by atoms with Gasteiger partial charge in [0, 0.05) is 5.92 Å². The molecule has 0 bridgehead atoms. The van der Waals surface area contributed by atoms with Crippen LogP contribution in [-0.4, -0.2) is 52.1 Å². The van der Waals surface area contributed by atoms with Crippen LogP contribution in [0.2, 0.25) is 0 Å². The maximum absolute atomic E-state index is 14.1. The Morgan fingerprint density at radius 2 is 1.68 bits per heavy atom. The second kappa shape index (κ2) is 10.9. The van der Waals surface area contributed by atoms with E-state index in [1.54, 1.807) is 0 Å². The van der Waals surface area contributed by atoms with Crippen molar-refractivity contribution in [2.24, 2.45) is 21.4 Å². The number of fused-ring (bicyclic) bond motifs is 2. The van der Waals surface area contributed by atoms with Crippen LogP contribution in [0.1, 0.15) is 47.6 Å². The number of hydrogen-bond donors (Lipinski definition) is 0. The van der Waals surface area contributed by atoms with Crippen molar-refractivity contribution in [3.05, 3.63) is 106 Å². The van der Waals surface area contributed by atoms with Crippen LogP contribution in [0.15, 0.2) is 93.8 Å². The molecule has 3 aromatic carbocycles. The van der Waals surface area contributed by atoms with Gasteiger partial charge in [-0.2, -0.15) is 10.2 Å². The molecule has 0 aromatic heterocycles. The van der Waals surface area contributed by atoms with Crippen LogP contribution in [0.5, 0.6) is 0 Å². The van der Waals surface area contributed by atoms with E-state index in [1.807, 2.05) is 31.2 Å². The van der Waals surface area contributed by atoms with Gasteiger partial charge in [-0.25, -0.2) is 14.3 Å². The van der Waals surface area contributed by atoms with Gasteiger partial charge in [0.15, 0.2) is 12.1 Å². The maximum Gasteiger partial charge on any atom is 0.264 e. The number of allylic oxidation sites excluding steroid dienone is 1. The quantitative estimate of drug-likeness (QED) is 0.364. The van der Waals surface area contributed by atoms with Gasteiger partial charge in [0.1, 0.15) is 12.4 Å². The number of hydrogen-bond acceptors (Lipinski definition) is 7. The van der Waals surface area contributed by atoms with Crippen LogP contribution in [-0.2, 0) is 14.4 Å². The number of nitrogens with zero attached hydrogens (tertiary/aromatic N) is 6. The lowest BCUT2D eigenvalue weighted by Gasteiger charge is -2.30. The number of aryl methyl sites for hydroxylation is 2. The number of halogens is 1. The SMILES string of the molecule is Cc1ccc(/C=C2/CCC[C@@H]3C2=NN(C(=O)CN2N=N[C@@H]4C(=O)N(c5cccc(F)c5)C(=O)[C@@H]42)[C@@H]3c2ccc(C)cc2)cc1. The summed E-state index contributed by atoms with van der Waals surface area (Å²) in [5.74, 6) is -2.10. The normalized spacial score (nSPS) is 25.1. The Labute approximate surface area is 254 Å². The summed E-state index contributed by atoms with van der Waals surface area (Å²) >= 11 is 0. The highest BCUT2D eigenvalue weighted by Gasteiger charge is 2.55. The predicted octanol–water partition coefficient (Wildman–Crippen LogP) is 5.56. The molecule has 0 radical (unpaired) electrons. The monoisotopic (exact) mass is 590 g/mol. The van der Waals surface area contributed by atoms with E-state index in [2.05, 4.69) is 47.6 Å². The van der Waals surface area contributed by atoms with Crippen LogP contribution in [0.3, 0.4) is 0 Å². The van der Waals surface area contributed by atoms with E-state index in [0.29, 0.717) is 0 Å². The fraction of sp³-hybridized carbons (Fsp3) is 0.294. The summed E-state index contributed by atoms with van der Waals surface area (Å²) in [5, 5.41) is 15.9. The zero-order chi connectivity index (χ0) is 30.5. The summed E-state index contributed by atoms with van der Waals surface area (Å²) in [7, 11) is 0. The molecule has 7 rings (SSSR count). The molecule has 2 fully saturated rings. The first kappa shape index (κ1) is 27.8. The number of carbonyl (C=O) groups is 3. The third kappa shape index (κ3) is 4.80. The average Bonchev–Trinajstić information content (AvgIpc) is 3.68. The molecule has 4 atom stereocenters. The van der Waals surface area contributed by atoms with Gasteiger partial charge in [-0.05, 0) is 74.1 Å². The number of hydrazone groups is 1. The highest BCUT2D eigenvalue weighted by atomic mass is 19.1. The number of amides is 3. The first-order valence-corrected chi connectivity index (χ1v) is 14.8. The van der Waals surface area contributed by atoms with Crippen LogP contribution in [0.25, 0.3) is 6.08 Å². The molecule has 0 spiro atoms. The smallest absolute Gasteiger partial charge is 0.264 e.